The predicted octanol–water partition coefficient (Wildman–Crippen LogP) is 3.77. The molecule has 0 radical (unpaired) electrons. The third kappa shape index (κ3) is 3.93. The normalized spacial score (nSPS) is 18.3. The Morgan fingerprint density at radius 3 is 2.80 bits per heavy atom. The summed E-state index contributed by atoms with van der Waals surface area (Å²) in [6.45, 7) is 5.98. The van der Waals surface area contributed by atoms with E-state index in [0.29, 0.717) is 17.9 Å². The van der Waals surface area contributed by atoms with Gasteiger partial charge in [0.1, 0.15) is 11.6 Å². The monoisotopic (exact) mass is 344 g/mol. The largest absolute Gasteiger partial charge is 0.456 e. The number of aryl methyl sites for hydroxylation is 2. The van der Waals surface area contributed by atoms with Crippen LogP contribution in [0.25, 0.3) is 0 Å². The van der Waals surface area contributed by atoms with Crippen LogP contribution in [0.3, 0.4) is 0 Å². The molecule has 1 fully saturated rings. The highest BCUT2D eigenvalue weighted by Gasteiger charge is 2.29. The molecule has 3 rings (SSSR count). The van der Waals surface area contributed by atoms with Crippen LogP contribution in [0.15, 0.2) is 34.7 Å². The van der Waals surface area contributed by atoms with Gasteiger partial charge in [0.2, 0.25) is 0 Å². The van der Waals surface area contributed by atoms with Gasteiger partial charge < -0.3 is 9.32 Å². The second-order valence-corrected chi connectivity index (χ2v) is 6.91. The molecular weight excluding hydrogens is 319 g/mol. The van der Waals surface area contributed by atoms with Crippen molar-refractivity contribution in [2.24, 2.45) is 0 Å². The average molecular weight is 344 g/mol. The summed E-state index contributed by atoms with van der Waals surface area (Å²) in [7, 11) is 1.83. The summed E-state index contributed by atoms with van der Waals surface area (Å²) in [6, 6.07) is 8.87. The zero-order valence-corrected chi connectivity index (χ0v) is 15.1. The number of nitrogens with zero attached hydrogens (tertiary/aromatic N) is 2. The number of rotatable bonds is 4. The lowest BCUT2D eigenvalue weighted by Gasteiger charge is -2.37. The molecule has 0 saturated carbocycles. The van der Waals surface area contributed by atoms with Gasteiger partial charge in [-0.25, -0.2) is 4.39 Å². The van der Waals surface area contributed by atoms with E-state index in [1.807, 2.05) is 39.1 Å². The van der Waals surface area contributed by atoms with Crippen molar-refractivity contribution in [3.05, 3.63) is 58.8 Å². The zero-order chi connectivity index (χ0) is 18.0. The Labute approximate surface area is 148 Å². The smallest absolute Gasteiger partial charge is 0.289 e. The fourth-order valence-corrected chi connectivity index (χ4v) is 3.54. The summed E-state index contributed by atoms with van der Waals surface area (Å²) in [5.74, 6) is 0.921. The molecular formula is C20H25FN2O2. The van der Waals surface area contributed by atoms with Crippen LogP contribution in [-0.2, 0) is 6.54 Å². The number of hydrogen-bond acceptors (Lipinski definition) is 3. The molecule has 25 heavy (non-hydrogen) atoms. The number of furan rings is 1. The highest BCUT2D eigenvalue weighted by Crippen LogP contribution is 2.22. The van der Waals surface area contributed by atoms with Crippen LogP contribution in [0.4, 0.5) is 4.39 Å². The molecule has 134 valence electrons. The van der Waals surface area contributed by atoms with E-state index in [9.17, 15) is 9.18 Å². The molecule has 0 unspecified atom stereocenters. The van der Waals surface area contributed by atoms with E-state index in [4.69, 9.17) is 4.42 Å². The lowest BCUT2D eigenvalue weighted by Crippen LogP contribution is -2.48. The number of likely N-dealkylation sites (tertiary alicyclic amines) is 1. The third-order valence-corrected chi connectivity index (χ3v) is 4.94. The van der Waals surface area contributed by atoms with E-state index >= 15 is 0 Å². The summed E-state index contributed by atoms with van der Waals surface area (Å²) in [4.78, 5) is 16.7. The molecule has 2 heterocycles. The van der Waals surface area contributed by atoms with Crippen LogP contribution in [0, 0.1) is 19.7 Å². The quantitative estimate of drug-likeness (QED) is 0.847. The Morgan fingerprint density at radius 1 is 1.36 bits per heavy atom. The molecule has 1 amide bonds. The van der Waals surface area contributed by atoms with Crippen LogP contribution in [-0.4, -0.2) is 41.9 Å². The standard InChI is InChI=1S/C20H25FN2O2/c1-14-11-15(2)25-19(14)20(24)22(3)17-8-6-10-23(13-17)12-16-7-4-5-9-18(16)21/h4-5,7,9,11,17H,6,8,10,12-13H2,1-3H3/t17-/m0/s1. The van der Waals surface area contributed by atoms with E-state index in [0.717, 1.165) is 37.3 Å². The Morgan fingerprint density at radius 2 is 2.12 bits per heavy atom. The van der Waals surface area contributed by atoms with Crippen LogP contribution in [0.2, 0.25) is 0 Å². The molecule has 1 aromatic carbocycles. The number of likely N-dealkylation sites (N-methyl/N-ethyl adjacent to an activating group) is 1. The van der Waals surface area contributed by atoms with E-state index in [2.05, 4.69) is 4.90 Å². The summed E-state index contributed by atoms with van der Waals surface area (Å²) in [6.07, 6.45) is 1.95. The third-order valence-electron chi connectivity index (χ3n) is 4.94. The van der Waals surface area contributed by atoms with Gasteiger partial charge in [0.15, 0.2) is 5.76 Å². The van der Waals surface area contributed by atoms with Gasteiger partial charge in [0, 0.05) is 37.3 Å². The van der Waals surface area contributed by atoms with Crippen molar-refractivity contribution >= 4 is 5.91 Å². The lowest BCUT2D eigenvalue weighted by molar-refractivity contribution is 0.0576. The van der Waals surface area contributed by atoms with E-state index < -0.39 is 0 Å². The topological polar surface area (TPSA) is 36.7 Å². The zero-order valence-electron chi connectivity index (χ0n) is 15.1. The van der Waals surface area contributed by atoms with Gasteiger partial charge in [0.05, 0.1) is 0 Å². The first-order valence-electron chi connectivity index (χ1n) is 8.75. The van der Waals surface area contributed by atoms with Crippen molar-refractivity contribution < 1.29 is 13.6 Å². The fraction of sp³-hybridized carbons (Fsp3) is 0.450. The molecule has 0 spiro atoms. The van der Waals surface area contributed by atoms with Crippen molar-refractivity contribution in [3.63, 3.8) is 0 Å². The highest BCUT2D eigenvalue weighted by atomic mass is 19.1. The van der Waals surface area contributed by atoms with Crippen LogP contribution < -0.4 is 0 Å². The first kappa shape index (κ1) is 17.7. The lowest BCUT2D eigenvalue weighted by atomic mass is 10.0. The molecule has 0 bridgehead atoms. The molecule has 1 aliphatic heterocycles. The Bertz CT molecular complexity index is 756. The average Bonchev–Trinajstić information content (AvgIpc) is 2.94. The van der Waals surface area contributed by atoms with E-state index in [1.54, 1.807) is 11.0 Å². The van der Waals surface area contributed by atoms with Crippen molar-refractivity contribution in [3.8, 4) is 0 Å². The van der Waals surface area contributed by atoms with Gasteiger partial charge in [-0.1, -0.05) is 18.2 Å². The molecule has 1 aliphatic rings. The Balaban J connectivity index is 1.67. The summed E-state index contributed by atoms with van der Waals surface area (Å²) >= 11 is 0. The molecule has 1 atom stereocenters. The summed E-state index contributed by atoms with van der Waals surface area (Å²) < 4.78 is 19.5. The van der Waals surface area contributed by atoms with Crippen molar-refractivity contribution in [1.29, 1.82) is 0 Å². The first-order chi connectivity index (χ1) is 12.0. The molecule has 4 nitrogen and oxygen atoms in total. The minimum Gasteiger partial charge on any atom is -0.456 e. The number of hydrogen-bond donors (Lipinski definition) is 0. The van der Waals surface area contributed by atoms with Crippen LogP contribution in [0.5, 0.6) is 0 Å². The number of benzene rings is 1. The first-order valence-corrected chi connectivity index (χ1v) is 8.75. The molecule has 2 aromatic rings. The predicted molar refractivity (Wildman–Crippen MR) is 95.0 cm³/mol. The number of carbonyl (C=O) groups excluding carboxylic acids is 1. The van der Waals surface area contributed by atoms with Gasteiger partial charge in [-0.05, 0) is 45.4 Å². The van der Waals surface area contributed by atoms with E-state index in [1.165, 1.54) is 6.07 Å². The number of amides is 1. The van der Waals surface area contributed by atoms with Gasteiger partial charge in [-0.2, -0.15) is 0 Å². The second-order valence-electron chi connectivity index (χ2n) is 6.91. The van der Waals surface area contributed by atoms with Crippen molar-refractivity contribution in [2.75, 3.05) is 20.1 Å². The highest BCUT2D eigenvalue weighted by molar-refractivity contribution is 5.93. The SMILES string of the molecule is Cc1cc(C)c(C(=O)N(C)[C@H]2CCCN(Cc3ccccc3F)C2)o1. The summed E-state index contributed by atoms with van der Waals surface area (Å²) in [5, 5.41) is 0. The number of piperidine rings is 1. The Kier molecular flexibility index (Phi) is 5.23. The molecule has 1 saturated heterocycles. The molecule has 1 aromatic heterocycles. The number of carbonyl (C=O) groups is 1. The fourth-order valence-electron chi connectivity index (χ4n) is 3.54. The van der Waals surface area contributed by atoms with Crippen LogP contribution >= 0.6 is 0 Å². The maximum atomic E-state index is 13.9. The molecule has 0 aliphatic carbocycles. The Hall–Kier alpha value is -2.14. The minimum atomic E-state index is -0.171. The van der Waals surface area contributed by atoms with Gasteiger partial charge in [-0.3, -0.25) is 9.69 Å². The maximum absolute atomic E-state index is 13.9. The minimum absolute atomic E-state index is 0.0802. The van der Waals surface area contributed by atoms with Gasteiger partial charge in [-0.15, -0.1) is 0 Å². The maximum Gasteiger partial charge on any atom is 0.289 e. The van der Waals surface area contributed by atoms with Gasteiger partial charge in [0.25, 0.3) is 5.91 Å². The molecule has 0 N–H and O–H groups in total. The second kappa shape index (κ2) is 7.40. The van der Waals surface area contributed by atoms with Gasteiger partial charge >= 0.3 is 0 Å². The molecule has 5 heteroatoms. The van der Waals surface area contributed by atoms with Crippen molar-refractivity contribution in [2.45, 2.75) is 39.3 Å². The number of halogens is 1. The van der Waals surface area contributed by atoms with E-state index in [-0.39, 0.29) is 17.8 Å². The van der Waals surface area contributed by atoms with Crippen LogP contribution in [0.1, 0.15) is 40.3 Å². The van der Waals surface area contributed by atoms with Crippen molar-refractivity contribution in [1.82, 2.24) is 9.80 Å². The summed E-state index contributed by atoms with van der Waals surface area (Å²) in [5.41, 5.74) is 1.57.